The molecule has 4 aromatic rings. The number of ether oxygens (including phenoxy) is 1. The number of nitrogens with one attached hydrogen (secondary N) is 1. The molecule has 0 saturated carbocycles. The van der Waals surface area contributed by atoms with Gasteiger partial charge in [0.1, 0.15) is 17.3 Å². The Hall–Kier alpha value is -3.95. The number of methoxy groups -OCH3 is 1. The lowest BCUT2D eigenvalue weighted by molar-refractivity contribution is -0.158. The van der Waals surface area contributed by atoms with E-state index in [-0.39, 0.29) is 11.3 Å². The van der Waals surface area contributed by atoms with Crippen molar-refractivity contribution in [2.75, 3.05) is 12.8 Å². The lowest BCUT2D eigenvalue weighted by atomic mass is 10.1. The van der Waals surface area contributed by atoms with Gasteiger partial charge in [-0.15, -0.1) is 0 Å². The van der Waals surface area contributed by atoms with Crippen LogP contribution in [-0.2, 0) is 7.05 Å². The van der Waals surface area contributed by atoms with Crippen LogP contribution in [0, 0.1) is 0 Å². The Morgan fingerprint density at radius 1 is 1.22 bits per heavy atom. The van der Waals surface area contributed by atoms with Crippen molar-refractivity contribution < 1.29 is 27.1 Å². The second kappa shape index (κ2) is 7.95. The fraction of sp³-hybridized carbons (Fsp3) is 0.182. The van der Waals surface area contributed by atoms with Crippen LogP contribution in [0.15, 0.2) is 59.2 Å². The number of hydrogen-bond acceptors (Lipinski definition) is 5. The molecule has 0 radical (unpaired) electrons. The van der Waals surface area contributed by atoms with Crippen molar-refractivity contribution >= 4 is 22.6 Å². The minimum absolute atomic E-state index is 0.0445. The Bertz CT molecular complexity index is 1280. The quantitative estimate of drug-likeness (QED) is 0.443. The van der Waals surface area contributed by atoms with Gasteiger partial charge in [-0.25, -0.2) is 4.98 Å². The molecule has 166 valence electrons. The maximum atomic E-state index is 13.6. The van der Waals surface area contributed by atoms with Gasteiger partial charge in [0.05, 0.1) is 35.5 Å². The smallest absolute Gasteiger partial charge is 0.415 e. The highest BCUT2D eigenvalue weighted by atomic mass is 19.4. The highest BCUT2D eigenvalue weighted by Crippen LogP contribution is 2.35. The number of nitrogens with two attached hydrogens (primary N) is 1. The zero-order valence-corrected chi connectivity index (χ0v) is 17.1. The van der Waals surface area contributed by atoms with Crippen molar-refractivity contribution in [3.63, 3.8) is 0 Å². The van der Waals surface area contributed by atoms with E-state index in [1.807, 2.05) is 5.32 Å². The van der Waals surface area contributed by atoms with Crippen molar-refractivity contribution in [1.82, 2.24) is 14.9 Å². The molecule has 0 saturated heterocycles. The maximum Gasteiger partial charge on any atom is 0.415 e. The minimum atomic E-state index is -4.76. The molecule has 10 heteroatoms. The number of anilines is 1. The normalized spacial score (nSPS) is 12.7. The zero-order chi connectivity index (χ0) is 23.0. The summed E-state index contributed by atoms with van der Waals surface area (Å²) in [5.41, 5.74) is 7.43. The van der Waals surface area contributed by atoms with E-state index in [2.05, 4.69) is 4.98 Å². The first-order valence-corrected chi connectivity index (χ1v) is 9.51. The molecule has 0 fully saturated rings. The van der Waals surface area contributed by atoms with Crippen LogP contribution in [0.4, 0.5) is 18.9 Å². The number of para-hydroxylation sites is 1. The summed E-state index contributed by atoms with van der Waals surface area (Å²) in [6, 6.07) is 10.2. The van der Waals surface area contributed by atoms with Crippen LogP contribution in [-0.4, -0.2) is 28.7 Å². The predicted octanol–water partition coefficient (Wildman–Crippen LogP) is 4.46. The molecule has 1 unspecified atom stereocenters. The first-order valence-electron chi connectivity index (χ1n) is 9.51. The summed E-state index contributed by atoms with van der Waals surface area (Å²) in [5, 5.41) is 2.01. The van der Waals surface area contributed by atoms with E-state index in [1.54, 1.807) is 41.9 Å². The number of rotatable bonds is 5. The number of aryl methyl sites for hydroxylation is 1. The third-order valence-corrected chi connectivity index (χ3v) is 5.01. The number of carbonyl (C=O) groups is 1. The van der Waals surface area contributed by atoms with Gasteiger partial charge in [-0.2, -0.15) is 13.2 Å². The van der Waals surface area contributed by atoms with E-state index in [0.717, 1.165) is 12.3 Å². The molecule has 3 N–H and O–H groups in total. The number of carbonyl (C=O) groups excluding carboxylic acids is 1. The molecule has 1 amide bonds. The average molecular weight is 444 g/mol. The van der Waals surface area contributed by atoms with Crippen LogP contribution < -0.4 is 15.8 Å². The van der Waals surface area contributed by atoms with E-state index in [0.29, 0.717) is 28.2 Å². The van der Waals surface area contributed by atoms with E-state index in [1.165, 1.54) is 19.2 Å². The van der Waals surface area contributed by atoms with Gasteiger partial charge in [-0.1, -0.05) is 12.1 Å². The third-order valence-electron chi connectivity index (χ3n) is 5.01. The van der Waals surface area contributed by atoms with Gasteiger partial charge in [0.15, 0.2) is 6.04 Å². The number of benzene rings is 2. The third kappa shape index (κ3) is 3.75. The molecule has 4 rings (SSSR count). The van der Waals surface area contributed by atoms with Crippen LogP contribution in [0.5, 0.6) is 5.75 Å². The molecule has 0 bridgehead atoms. The topological polar surface area (TPSA) is 95.3 Å². The minimum Gasteiger partial charge on any atom is -0.496 e. The van der Waals surface area contributed by atoms with Crippen molar-refractivity contribution in [1.29, 1.82) is 0 Å². The van der Waals surface area contributed by atoms with Crippen LogP contribution in [0.1, 0.15) is 22.2 Å². The highest BCUT2D eigenvalue weighted by Gasteiger charge is 2.44. The van der Waals surface area contributed by atoms with Crippen LogP contribution in [0.2, 0.25) is 0 Å². The molecule has 1 atom stereocenters. The lowest BCUT2D eigenvalue weighted by Crippen LogP contribution is -2.38. The molecule has 0 aliphatic rings. The van der Waals surface area contributed by atoms with Gasteiger partial charge in [0.25, 0.3) is 5.91 Å². The van der Waals surface area contributed by atoms with Crippen molar-refractivity contribution in [3.05, 3.63) is 66.1 Å². The Morgan fingerprint density at radius 3 is 2.62 bits per heavy atom. The summed E-state index contributed by atoms with van der Waals surface area (Å²) in [7, 11) is 3.18. The first-order chi connectivity index (χ1) is 15.2. The summed E-state index contributed by atoms with van der Waals surface area (Å²) in [4.78, 5) is 17.6. The van der Waals surface area contributed by atoms with E-state index in [9.17, 15) is 18.0 Å². The summed E-state index contributed by atoms with van der Waals surface area (Å²) < 4.78 is 52.7. The van der Waals surface area contributed by atoms with Gasteiger partial charge in [-0.05, 0) is 36.4 Å². The lowest BCUT2D eigenvalue weighted by Gasteiger charge is -2.20. The largest absolute Gasteiger partial charge is 0.496 e. The molecular formula is C22H19F3N4O3. The van der Waals surface area contributed by atoms with E-state index in [4.69, 9.17) is 14.9 Å². The standard InChI is InChI=1S/C22H19F3N4O3/c1-29-18-14(21(30)28-19(22(23,24)25)17-8-5-9-32-17)10-12(26)11-15(18)27-20(29)13-6-3-4-7-16(13)31-2/h3-11,19H,26H2,1-2H3,(H,28,30). The number of imidazole rings is 1. The number of alkyl halides is 3. The van der Waals surface area contributed by atoms with Crippen molar-refractivity contribution in [2.24, 2.45) is 7.05 Å². The number of hydrogen-bond donors (Lipinski definition) is 2. The number of nitrogen functional groups attached to an aromatic ring is 1. The number of halogens is 3. The SMILES string of the molecule is COc1ccccc1-c1nc2cc(N)cc(C(=O)NC(c3ccco3)C(F)(F)F)c2n1C. The Kier molecular flexibility index (Phi) is 5.29. The van der Waals surface area contributed by atoms with Gasteiger partial charge < -0.3 is 24.8 Å². The second-order valence-corrected chi connectivity index (χ2v) is 7.09. The second-order valence-electron chi connectivity index (χ2n) is 7.09. The molecule has 0 spiro atoms. The number of fused-ring (bicyclic) bond motifs is 1. The van der Waals surface area contributed by atoms with Crippen LogP contribution in [0.3, 0.4) is 0 Å². The Labute approximate surface area is 180 Å². The molecule has 0 aliphatic carbocycles. The summed E-state index contributed by atoms with van der Waals surface area (Å²) >= 11 is 0. The monoisotopic (exact) mass is 444 g/mol. The van der Waals surface area contributed by atoms with E-state index < -0.39 is 23.9 Å². The summed E-state index contributed by atoms with van der Waals surface area (Å²) in [6.45, 7) is 0. The maximum absolute atomic E-state index is 13.6. The summed E-state index contributed by atoms with van der Waals surface area (Å²) in [5.74, 6) is -0.364. The number of nitrogens with zero attached hydrogens (tertiary/aromatic N) is 2. The molecule has 0 aliphatic heterocycles. The highest BCUT2D eigenvalue weighted by molar-refractivity contribution is 6.07. The van der Waals surface area contributed by atoms with Crippen LogP contribution >= 0.6 is 0 Å². The number of amides is 1. The molecule has 2 aromatic heterocycles. The molecule has 32 heavy (non-hydrogen) atoms. The molecular weight excluding hydrogens is 425 g/mol. The molecule has 2 aromatic carbocycles. The molecule has 2 heterocycles. The predicted molar refractivity (Wildman–Crippen MR) is 112 cm³/mol. The average Bonchev–Trinajstić information content (AvgIpc) is 3.38. The fourth-order valence-corrected chi connectivity index (χ4v) is 3.60. The fourth-order valence-electron chi connectivity index (χ4n) is 3.60. The summed E-state index contributed by atoms with van der Waals surface area (Å²) in [6.07, 6.45) is -3.65. The zero-order valence-electron chi connectivity index (χ0n) is 17.1. The Balaban J connectivity index is 1.82. The van der Waals surface area contributed by atoms with Gasteiger partial charge in [0, 0.05) is 12.7 Å². The number of aromatic nitrogens is 2. The van der Waals surface area contributed by atoms with Gasteiger partial charge in [-0.3, -0.25) is 4.79 Å². The van der Waals surface area contributed by atoms with Gasteiger partial charge >= 0.3 is 6.18 Å². The van der Waals surface area contributed by atoms with Crippen molar-refractivity contribution in [3.8, 4) is 17.1 Å². The Morgan fingerprint density at radius 2 is 1.97 bits per heavy atom. The first kappa shape index (κ1) is 21.3. The molecule has 7 nitrogen and oxygen atoms in total. The van der Waals surface area contributed by atoms with Gasteiger partial charge in [0.2, 0.25) is 0 Å². The van der Waals surface area contributed by atoms with E-state index >= 15 is 0 Å². The van der Waals surface area contributed by atoms with Crippen LogP contribution in [0.25, 0.3) is 22.4 Å². The van der Waals surface area contributed by atoms with Crippen molar-refractivity contribution in [2.45, 2.75) is 12.2 Å². The number of furan rings is 1.